The molecule has 1 aromatic carbocycles. The third-order valence-electron chi connectivity index (χ3n) is 11.5. The van der Waals surface area contributed by atoms with Gasteiger partial charge in [0.15, 0.2) is 25.0 Å². The third kappa shape index (κ3) is 22.4. The summed E-state index contributed by atoms with van der Waals surface area (Å²) in [7, 11) is -11.5. The van der Waals surface area contributed by atoms with E-state index in [1.165, 1.54) is 29.3 Å². The Labute approximate surface area is 444 Å². The van der Waals surface area contributed by atoms with E-state index in [4.69, 9.17) is 28.2 Å². The lowest BCUT2D eigenvalue weighted by Gasteiger charge is -2.48. The monoisotopic (exact) mass is 1200 g/mol. The summed E-state index contributed by atoms with van der Waals surface area (Å²) in [5.74, 6) is 0.118. The van der Waals surface area contributed by atoms with Gasteiger partial charge in [0.2, 0.25) is 17.7 Å². The molecule has 3 fully saturated rings. The fraction of sp³-hybridized carbons (Fsp3) is 0.769. The van der Waals surface area contributed by atoms with Crippen molar-refractivity contribution in [3.8, 4) is 0 Å². The first-order chi connectivity index (χ1) is 35.5. The molecule has 3 aliphatic rings. The van der Waals surface area contributed by atoms with Gasteiger partial charge in [0.05, 0.1) is 25.9 Å². The summed E-state index contributed by atoms with van der Waals surface area (Å²) in [6.07, 6.45) is -27.4. The van der Waals surface area contributed by atoms with E-state index >= 15 is 0 Å². The zero-order valence-electron chi connectivity index (χ0n) is 40.2. The largest absolute Gasteiger partial charge is 0.397 e. The van der Waals surface area contributed by atoms with Crippen molar-refractivity contribution in [2.75, 3.05) is 56.3 Å². The first-order valence-electron chi connectivity index (χ1n) is 23.1. The lowest BCUT2D eigenvalue weighted by atomic mass is 9.95. The Morgan fingerprint density at radius 1 is 0.789 bits per heavy atom. The quantitative estimate of drug-likeness (QED) is 0.0139. The molecular weight excluding hydrogens is 1130 g/mol. The molecule has 4 rings (SSSR count). The fourth-order valence-corrected chi connectivity index (χ4v) is 12.2. The van der Waals surface area contributed by atoms with Crippen LogP contribution in [0.25, 0.3) is 0 Å². The predicted octanol–water partition coefficient (Wildman–Crippen LogP) is -5.13. The molecule has 0 bridgehead atoms. The summed E-state index contributed by atoms with van der Waals surface area (Å²) in [6, 6.07) is 3.83. The maximum Gasteiger partial charge on any atom is 0.397 e. The zero-order valence-corrected chi connectivity index (χ0v) is 44.3. The second kappa shape index (κ2) is 30.7. The predicted molar refractivity (Wildman–Crippen MR) is 261 cm³/mol. The molecule has 3 saturated heterocycles. The number of aliphatic hydroxyl groups is 8. The average Bonchev–Trinajstić information content (AvgIpc) is 3.86. The molecule has 0 spiro atoms. The molecule has 32 nitrogen and oxygen atoms in total. The van der Waals surface area contributed by atoms with Gasteiger partial charge in [-0.2, -0.15) is 30.0 Å². The number of carbonyl (C=O) groups is 3. The Kier molecular flexibility index (Phi) is 26.6. The van der Waals surface area contributed by atoms with Gasteiger partial charge in [0.1, 0.15) is 61.0 Å². The van der Waals surface area contributed by atoms with Crippen LogP contribution in [-0.4, -0.2) is 241 Å². The third-order valence-corrected chi connectivity index (χ3v) is 15.9. The van der Waals surface area contributed by atoms with Crippen molar-refractivity contribution in [1.29, 1.82) is 0 Å². The number of methoxy groups -OCH3 is 1. The summed E-state index contributed by atoms with van der Waals surface area (Å²) in [6.45, 7) is -2.92. The van der Waals surface area contributed by atoms with Crippen molar-refractivity contribution in [2.24, 2.45) is 0 Å². The first-order valence-corrected chi connectivity index (χ1v) is 29.6. The molecule has 76 heavy (non-hydrogen) atoms. The molecule has 7 unspecified atom stereocenters. The van der Waals surface area contributed by atoms with Crippen molar-refractivity contribution in [3.63, 3.8) is 0 Å². The normalized spacial score (nSPS) is 28.0. The molecule has 438 valence electrons. The number of anilines is 2. The van der Waals surface area contributed by atoms with E-state index in [0.29, 0.717) is 23.0 Å². The van der Waals surface area contributed by atoms with Gasteiger partial charge in [-0.3, -0.25) is 28.0 Å². The van der Waals surface area contributed by atoms with Crippen LogP contribution in [-0.2, 0) is 77.5 Å². The second-order valence-corrected chi connectivity index (χ2v) is 23.4. The summed E-state index contributed by atoms with van der Waals surface area (Å²) >= 11 is 0. The van der Waals surface area contributed by atoms with Crippen molar-refractivity contribution in [3.05, 3.63) is 24.3 Å². The Morgan fingerprint density at radius 2 is 1.47 bits per heavy atom. The molecule has 0 radical (unpaired) electrons. The molecule has 37 heteroatoms. The van der Waals surface area contributed by atoms with E-state index in [1.807, 2.05) is 21.6 Å². The maximum atomic E-state index is 12.6. The van der Waals surface area contributed by atoms with Crippen LogP contribution < -0.4 is 26.0 Å². The lowest BCUT2D eigenvalue weighted by Crippen LogP contribution is -2.69. The number of hydrogen-bond acceptors (Lipinski definition) is 27. The van der Waals surface area contributed by atoms with Crippen LogP contribution in [0.4, 0.5) is 11.4 Å². The molecule has 3 heterocycles. The van der Waals surface area contributed by atoms with Gasteiger partial charge in [0.25, 0.3) is 0 Å². The van der Waals surface area contributed by atoms with E-state index < -0.39 is 155 Å². The number of aliphatic hydroxyl groups excluding tert-OH is 7. The van der Waals surface area contributed by atoms with Crippen LogP contribution >= 0.6 is 21.6 Å². The van der Waals surface area contributed by atoms with Gasteiger partial charge in [-0.1, -0.05) is 34.1 Å². The van der Waals surface area contributed by atoms with Crippen LogP contribution in [0.2, 0.25) is 0 Å². The zero-order chi connectivity index (χ0) is 56.5. The molecule has 3 aliphatic heterocycles. The molecule has 15 atom stereocenters. The van der Waals surface area contributed by atoms with E-state index in [2.05, 4.69) is 29.6 Å². The number of hydrogen-bond donors (Lipinski definition) is 16. The molecule has 0 saturated carbocycles. The van der Waals surface area contributed by atoms with Crippen molar-refractivity contribution < 1.29 is 126 Å². The minimum atomic E-state index is -5.65. The van der Waals surface area contributed by atoms with Crippen LogP contribution in [0.1, 0.15) is 44.9 Å². The Morgan fingerprint density at radius 3 is 2.11 bits per heavy atom. The summed E-state index contributed by atoms with van der Waals surface area (Å²) < 4.78 is 135. The van der Waals surface area contributed by atoms with Gasteiger partial charge in [-0.15, -0.1) is 0 Å². The average molecular weight is 1200 g/mol. The van der Waals surface area contributed by atoms with Crippen molar-refractivity contribution in [1.82, 2.24) is 15.4 Å². The molecule has 16 N–H and O–H groups in total. The Bertz CT molecular complexity index is 2340. The van der Waals surface area contributed by atoms with E-state index in [1.54, 1.807) is 6.07 Å². The highest BCUT2D eigenvalue weighted by Crippen LogP contribution is 2.40. The minimum absolute atomic E-state index is 0.0120. The van der Waals surface area contributed by atoms with E-state index in [9.17, 15) is 89.6 Å². The lowest BCUT2D eigenvalue weighted by molar-refractivity contribution is -0.363. The first kappa shape index (κ1) is 65.7. The van der Waals surface area contributed by atoms with Gasteiger partial charge < -0.3 is 85.8 Å². The Balaban J connectivity index is 1.28. The number of ether oxygens (including phenoxy) is 5. The SMILES string of the molecule is CO[C@H]1C(COS(=O)(=O)O)O[C@@H](O[C@H]2C(C(O)O)O[C@@H](OCC(O)[C@@H](O)[C@@H](O)C(O)CNc3cccc(NC(=O)CCCNC(=O)CNC(=O)CCCCC4CCSS4)c3)C(OS(=O)(=O)O)[C@@H]2O)C(NS(=O)(=O)O)[C@@H]1O. The molecule has 0 aliphatic carbocycles. The van der Waals surface area contributed by atoms with Crippen LogP contribution in [0.3, 0.4) is 0 Å². The highest BCUT2D eigenvalue weighted by atomic mass is 33.1. The van der Waals surface area contributed by atoms with Gasteiger partial charge in [-0.05, 0) is 43.9 Å². The molecule has 0 aromatic heterocycles. The van der Waals surface area contributed by atoms with Crippen LogP contribution in [0, 0.1) is 0 Å². The summed E-state index contributed by atoms with van der Waals surface area (Å²) in [4.78, 5) is 36.8. The minimum Gasteiger partial charge on any atom is -0.388 e. The highest BCUT2D eigenvalue weighted by molar-refractivity contribution is 8.77. The number of benzene rings is 1. The smallest absolute Gasteiger partial charge is 0.388 e. The number of unbranched alkanes of at least 4 members (excludes halogenated alkanes) is 1. The topological polar surface area (TPSA) is 501 Å². The number of nitrogens with one attached hydrogen (secondary N) is 5. The second-order valence-electron chi connectivity index (χ2n) is 17.3. The molecular formula is C39H65N5O27S5. The summed E-state index contributed by atoms with van der Waals surface area (Å²) in [5, 5.41) is 96.9. The van der Waals surface area contributed by atoms with Gasteiger partial charge >= 0.3 is 31.1 Å². The number of rotatable bonds is 32. The Hall–Kier alpha value is -2.78. The number of amides is 3. The molecule has 3 amide bonds. The van der Waals surface area contributed by atoms with Crippen LogP contribution in [0.15, 0.2) is 24.3 Å². The number of carbonyl (C=O) groups excluding carboxylic acids is 3. The standard InChI is InChI=1S/C39H65N5O27S5/c1-65-33-24(18-67-75(59,60)61)68-38(28(31(33)52)44-74(56,57)58)69-34-32(53)35(71-76(62,63)64)39(70-36(34)37(54)55)66-17-23(46)30(51)29(50)22(45)15-41-19-6-4-7-20(14-19)43-26(48)10-5-12-40-27(49)16-42-25(47)9-3-2-8-21-11-13-72-73-21/h4,6-7,14,21-24,28-39,41,44-46,50-55H,2-3,5,8-13,15-18H2,1H3,(H,40,49)(H,42,47)(H,43,48)(H,56,57,58)(H,59,60,61)(H,62,63,64)/t21?,22?,23?,24?,28?,29-,30+,31-,32+,33-,34+,35?,36?,38-,39+/m0/s1. The highest BCUT2D eigenvalue weighted by Gasteiger charge is 2.55. The van der Waals surface area contributed by atoms with E-state index in [0.717, 1.165) is 32.1 Å². The van der Waals surface area contributed by atoms with Crippen molar-refractivity contribution in [2.45, 2.75) is 142 Å². The maximum absolute atomic E-state index is 12.6. The molecule has 1 aromatic rings. The summed E-state index contributed by atoms with van der Waals surface area (Å²) in [5.41, 5.74) is 0.605. The fourth-order valence-electron chi connectivity index (χ4n) is 7.74. The van der Waals surface area contributed by atoms with Crippen molar-refractivity contribution >= 4 is 81.8 Å². The van der Waals surface area contributed by atoms with Crippen LogP contribution in [0.5, 0.6) is 0 Å². The van der Waals surface area contributed by atoms with E-state index in [-0.39, 0.29) is 31.8 Å². The van der Waals surface area contributed by atoms with Gasteiger partial charge in [-0.25, -0.2) is 8.37 Å². The van der Waals surface area contributed by atoms with Gasteiger partial charge in [0, 0.05) is 55.4 Å².